The van der Waals surface area contributed by atoms with Gasteiger partial charge in [-0.1, -0.05) is 24.3 Å². The van der Waals surface area contributed by atoms with E-state index in [2.05, 4.69) is 0 Å². The van der Waals surface area contributed by atoms with E-state index in [1.807, 2.05) is 0 Å². The molecule has 2 aromatic rings. The van der Waals surface area contributed by atoms with Crippen molar-refractivity contribution in [2.45, 2.75) is 0 Å². The summed E-state index contributed by atoms with van der Waals surface area (Å²) in [5.74, 6) is -0.699. The van der Waals surface area contributed by atoms with Crippen LogP contribution in [-0.4, -0.2) is 0 Å². The normalized spacial score (nSPS) is 8.84. The van der Waals surface area contributed by atoms with Crippen molar-refractivity contribution in [2.75, 3.05) is 0 Å². The van der Waals surface area contributed by atoms with E-state index in [1.165, 1.54) is 48.5 Å². The van der Waals surface area contributed by atoms with Crippen molar-refractivity contribution in [3.8, 4) is 0 Å². The largest absolute Gasteiger partial charge is 0.699 e. The molecular weight excluding hydrogens is 476 g/mol. The molecule has 0 atom stereocenters. The number of hydrogen-bond donors (Lipinski definition) is 0. The van der Waals surface area contributed by atoms with E-state index in [4.69, 9.17) is 30.3 Å². The van der Waals surface area contributed by atoms with E-state index in [-0.39, 0.29) is 23.0 Å². The smallest absolute Gasteiger partial charge is 0.121 e. The van der Waals surface area contributed by atoms with Crippen molar-refractivity contribution >= 4 is 30.2 Å². The molecule has 106 valence electrons. The molecule has 2 N–H and O–H groups in total. The van der Waals surface area contributed by atoms with Gasteiger partial charge in [0, 0.05) is 0 Å². The standard InChI is InChI=1S/2C6H5FN.2ClH.Pt/c2*7-5-2-1-3-6(8)4-5;;;/h2*1-4,8H;2*1H;/q2*-1;;;+4/p-2. The van der Waals surface area contributed by atoms with Crippen LogP contribution in [0.4, 0.5) is 20.2 Å². The van der Waals surface area contributed by atoms with Gasteiger partial charge in [-0.15, -0.1) is 11.4 Å². The van der Waals surface area contributed by atoms with Gasteiger partial charge >= 0.3 is 35.3 Å². The van der Waals surface area contributed by atoms with Crippen LogP contribution in [0.3, 0.4) is 0 Å². The molecule has 0 bridgehead atoms. The van der Waals surface area contributed by atoms with Crippen LogP contribution in [0, 0.1) is 11.6 Å². The quantitative estimate of drug-likeness (QED) is 0.414. The van der Waals surface area contributed by atoms with Crippen LogP contribution in [0.1, 0.15) is 0 Å². The SMILES string of the molecule is [Cl][Pt+2][Cl].[NH-]c1cccc(F)c1.[NH-]c1cccc(F)c1. The first-order valence-electron chi connectivity index (χ1n) is 4.76. The maximum Gasteiger partial charge on any atom is 0.121 e. The molecule has 0 aliphatic carbocycles. The molecule has 0 aliphatic heterocycles. The Labute approximate surface area is 127 Å². The maximum absolute atomic E-state index is 12.0. The third kappa shape index (κ3) is 10.8. The molecular formula is C12H10Cl2F2N2Pt. The Morgan fingerprint density at radius 2 is 1.11 bits per heavy atom. The molecule has 0 saturated carbocycles. The van der Waals surface area contributed by atoms with E-state index >= 15 is 0 Å². The first-order chi connectivity index (χ1) is 8.99. The van der Waals surface area contributed by atoms with Gasteiger partial charge in [-0.3, -0.25) is 0 Å². The first-order valence-corrected chi connectivity index (χ1v) is 10.4. The van der Waals surface area contributed by atoms with Crippen LogP contribution in [0.5, 0.6) is 0 Å². The second kappa shape index (κ2) is 11.0. The summed E-state index contributed by atoms with van der Waals surface area (Å²) in [7, 11) is 9.75. The van der Waals surface area contributed by atoms with E-state index in [1.54, 1.807) is 0 Å². The zero-order chi connectivity index (χ0) is 14.7. The number of hydrogen-bond acceptors (Lipinski definition) is 0. The summed E-state index contributed by atoms with van der Waals surface area (Å²) in [6, 6.07) is 11.1. The zero-order valence-corrected chi connectivity index (χ0v) is 13.2. The van der Waals surface area contributed by atoms with Crippen molar-refractivity contribution in [2.24, 2.45) is 0 Å². The molecule has 2 nitrogen and oxygen atoms in total. The topological polar surface area (TPSA) is 47.6 Å². The fourth-order valence-corrected chi connectivity index (χ4v) is 0.977. The van der Waals surface area contributed by atoms with Crippen molar-refractivity contribution < 1.29 is 25.3 Å². The monoisotopic (exact) mass is 485 g/mol. The Bertz CT molecular complexity index is 409. The molecule has 2 rings (SSSR count). The molecule has 0 radical (unpaired) electrons. The number of rotatable bonds is 0. The van der Waals surface area contributed by atoms with Crippen molar-refractivity contribution in [1.29, 1.82) is 0 Å². The zero-order valence-electron chi connectivity index (χ0n) is 9.45. The fourth-order valence-electron chi connectivity index (χ4n) is 0.977. The molecule has 0 unspecified atom stereocenters. The van der Waals surface area contributed by atoms with Gasteiger partial charge in [0.2, 0.25) is 0 Å². The average Bonchev–Trinajstić information content (AvgIpc) is 2.30. The molecule has 7 heteroatoms. The van der Waals surface area contributed by atoms with Crippen LogP contribution in [0.15, 0.2) is 48.5 Å². The summed E-state index contributed by atoms with van der Waals surface area (Å²) >= 11 is -0.472. The minimum absolute atomic E-state index is 0.213. The van der Waals surface area contributed by atoms with E-state index < -0.39 is 16.5 Å². The minimum atomic E-state index is -0.472. The van der Waals surface area contributed by atoms with Crippen molar-refractivity contribution in [3.63, 3.8) is 0 Å². The third-order valence-electron chi connectivity index (χ3n) is 1.65. The number of nitrogens with one attached hydrogen (secondary N) is 2. The Balaban J connectivity index is 0.000000284. The third-order valence-corrected chi connectivity index (χ3v) is 1.65. The molecule has 0 aliphatic rings. The number of halogens is 4. The van der Waals surface area contributed by atoms with Crippen molar-refractivity contribution in [3.05, 3.63) is 71.6 Å². The summed E-state index contributed by atoms with van der Waals surface area (Å²) in [6.45, 7) is 0. The predicted octanol–water partition coefficient (Wildman–Crippen LogP) is 6.40. The van der Waals surface area contributed by atoms with Crippen LogP contribution in [0.2, 0.25) is 0 Å². The Morgan fingerprint density at radius 3 is 1.26 bits per heavy atom. The van der Waals surface area contributed by atoms with E-state index in [0.717, 1.165) is 0 Å². The molecule has 2 aromatic carbocycles. The second-order valence-corrected chi connectivity index (χ2v) is 6.35. The van der Waals surface area contributed by atoms with Gasteiger partial charge in [-0.2, -0.15) is 0 Å². The van der Waals surface area contributed by atoms with E-state index in [0.29, 0.717) is 0 Å². The average molecular weight is 486 g/mol. The van der Waals surface area contributed by atoms with Gasteiger partial charge in [-0.25, -0.2) is 8.78 Å². The van der Waals surface area contributed by atoms with Gasteiger partial charge in [0.1, 0.15) is 11.6 Å². The van der Waals surface area contributed by atoms with Crippen LogP contribution >= 0.6 is 18.8 Å². The van der Waals surface area contributed by atoms with Gasteiger partial charge in [0.05, 0.1) is 0 Å². The molecule has 0 saturated heterocycles. The number of benzene rings is 2. The van der Waals surface area contributed by atoms with Gasteiger partial charge in [0.15, 0.2) is 0 Å². The van der Waals surface area contributed by atoms with E-state index in [9.17, 15) is 8.78 Å². The van der Waals surface area contributed by atoms with Crippen LogP contribution in [0.25, 0.3) is 11.5 Å². The predicted molar refractivity (Wildman–Crippen MR) is 72.5 cm³/mol. The van der Waals surface area contributed by atoms with Crippen LogP contribution < -0.4 is 0 Å². The molecule has 19 heavy (non-hydrogen) atoms. The van der Waals surface area contributed by atoms with Crippen LogP contribution in [-0.2, 0) is 16.5 Å². The van der Waals surface area contributed by atoms with Gasteiger partial charge < -0.3 is 11.5 Å². The minimum Gasteiger partial charge on any atom is -0.699 e. The Kier molecular flexibility index (Phi) is 10.6. The summed E-state index contributed by atoms with van der Waals surface area (Å²) in [5.41, 5.74) is 14.2. The molecule has 0 fully saturated rings. The van der Waals surface area contributed by atoms with Crippen molar-refractivity contribution in [1.82, 2.24) is 0 Å². The molecule has 0 amide bonds. The summed E-state index contributed by atoms with van der Waals surface area (Å²) < 4.78 is 24.1. The Hall–Kier alpha value is -0.832. The van der Waals surface area contributed by atoms with Gasteiger partial charge in [-0.05, 0) is 24.3 Å². The molecule has 0 heterocycles. The summed E-state index contributed by atoms with van der Waals surface area (Å²) in [6.07, 6.45) is 0. The maximum atomic E-state index is 12.0. The first kappa shape index (κ1) is 18.2. The second-order valence-electron chi connectivity index (χ2n) is 3.07. The summed E-state index contributed by atoms with van der Waals surface area (Å²) in [5, 5.41) is 0. The Morgan fingerprint density at radius 1 is 0.789 bits per heavy atom. The molecule has 0 spiro atoms. The fraction of sp³-hybridized carbons (Fsp3) is 0. The van der Waals surface area contributed by atoms with Gasteiger partial charge in [0.25, 0.3) is 0 Å². The molecule has 0 aromatic heterocycles. The summed E-state index contributed by atoms with van der Waals surface area (Å²) in [4.78, 5) is 0.